The number of nitrogens with zero attached hydrogens (tertiary/aromatic N) is 2. The van der Waals surface area contributed by atoms with Gasteiger partial charge in [-0.2, -0.15) is 4.31 Å². The van der Waals surface area contributed by atoms with Crippen molar-refractivity contribution in [2.24, 2.45) is 4.99 Å². The van der Waals surface area contributed by atoms with E-state index in [4.69, 9.17) is 4.74 Å². The molecule has 0 bridgehead atoms. The summed E-state index contributed by atoms with van der Waals surface area (Å²) < 4.78 is 32.6. The molecule has 0 unspecified atom stereocenters. The maximum Gasteiger partial charge on any atom is 0.243 e. The smallest absolute Gasteiger partial charge is 0.243 e. The summed E-state index contributed by atoms with van der Waals surface area (Å²) in [5.41, 5.74) is 1.17. The van der Waals surface area contributed by atoms with Crippen molar-refractivity contribution in [2.45, 2.75) is 4.90 Å². The number of aromatic hydroxyl groups is 1. The lowest BCUT2D eigenvalue weighted by Gasteiger charge is -2.26. The number of benzene rings is 2. The summed E-state index contributed by atoms with van der Waals surface area (Å²) in [6.45, 7) is 1.56. The third-order valence-electron chi connectivity index (χ3n) is 3.79. The number of halogens is 1. The molecule has 6 nitrogen and oxygen atoms in total. The topological polar surface area (TPSA) is 79.2 Å². The van der Waals surface area contributed by atoms with Gasteiger partial charge in [-0.15, -0.1) is 0 Å². The molecule has 0 spiro atoms. The van der Waals surface area contributed by atoms with Gasteiger partial charge in [0.2, 0.25) is 10.0 Å². The average Bonchev–Trinajstić information content (AvgIpc) is 2.63. The minimum absolute atomic E-state index is 0.124. The van der Waals surface area contributed by atoms with Crippen LogP contribution >= 0.6 is 15.9 Å². The molecule has 8 heteroatoms. The van der Waals surface area contributed by atoms with E-state index >= 15 is 0 Å². The van der Waals surface area contributed by atoms with Crippen LogP contribution in [0.5, 0.6) is 5.75 Å². The molecule has 0 aromatic heterocycles. The lowest BCUT2D eigenvalue weighted by atomic mass is 10.2. The Morgan fingerprint density at radius 3 is 2.48 bits per heavy atom. The molecule has 0 aliphatic carbocycles. The van der Waals surface area contributed by atoms with Crippen LogP contribution in [0.2, 0.25) is 0 Å². The zero-order valence-electron chi connectivity index (χ0n) is 13.3. The number of phenolic OH excluding ortho intramolecular Hbond substituents is 1. The number of aliphatic imine (C=N–C) groups is 1. The Bertz CT molecular complexity index is 876. The summed E-state index contributed by atoms with van der Waals surface area (Å²) in [6, 6.07) is 11.4. The van der Waals surface area contributed by atoms with Crippen molar-refractivity contribution < 1.29 is 18.3 Å². The second kappa shape index (κ2) is 7.65. The number of rotatable bonds is 4. The summed E-state index contributed by atoms with van der Waals surface area (Å²) in [5.74, 6) is 0.124. The molecule has 1 fully saturated rings. The summed E-state index contributed by atoms with van der Waals surface area (Å²) in [5, 5.41) is 9.80. The molecule has 0 atom stereocenters. The fraction of sp³-hybridized carbons (Fsp3) is 0.235. The van der Waals surface area contributed by atoms with Crippen molar-refractivity contribution in [1.29, 1.82) is 0 Å². The third kappa shape index (κ3) is 4.27. The van der Waals surface area contributed by atoms with Crippen molar-refractivity contribution in [3.8, 4) is 5.75 Å². The molecule has 0 amide bonds. The third-order valence-corrected chi connectivity index (χ3v) is 6.19. The van der Waals surface area contributed by atoms with Crippen molar-refractivity contribution in [2.75, 3.05) is 26.3 Å². The van der Waals surface area contributed by atoms with Crippen molar-refractivity contribution >= 4 is 37.9 Å². The molecule has 1 saturated heterocycles. The van der Waals surface area contributed by atoms with E-state index in [1.165, 1.54) is 22.7 Å². The number of sulfonamides is 1. The van der Waals surface area contributed by atoms with Gasteiger partial charge in [0.25, 0.3) is 0 Å². The van der Waals surface area contributed by atoms with E-state index in [1.54, 1.807) is 30.3 Å². The van der Waals surface area contributed by atoms with Crippen LogP contribution in [0.4, 0.5) is 5.69 Å². The lowest BCUT2D eigenvalue weighted by molar-refractivity contribution is 0.0730. The molecule has 25 heavy (non-hydrogen) atoms. The largest absolute Gasteiger partial charge is 0.507 e. The lowest BCUT2D eigenvalue weighted by Crippen LogP contribution is -2.40. The van der Waals surface area contributed by atoms with Gasteiger partial charge in [-0.05, 0) is 42.5 Å². The van der Waals surface area contributed by atoms with E-state index in [1.807, 2.05) is 0 Å². The van der Waals surface area contributed by atoms with Crippen molar-refractivity contribution in [3.63, 3.8) is 0 Å². The highest BCUT2D eigenvalue weighted by Gasteiger charge is 2.25. The second-order valence-corrected chi connectivity index (χ2v) is 8.33. The predicted octanol–water partition coefficient (Wildman–Crippen LogP) is 2.93. The normalized spacial score (nSPS) is 16.4. The van der Waals surface area contributed by atoms with E-state index < -0.39 is 10.0 Å². The zero-order chi connectivity index (χ0) is 17.9. The molecule has 0 radical (unpaired) electrons. The van der Waals surface area contributed by atoms with Crippen LogP contribution in [0, 0.1) is 0 Å². The molecule has 1 heterocycles. The second-order valence-electron chi connectivity index (χ2n) is 5.47. The highest BCUT2D eigenvalue weighted by Crippen LogP contribution is 2.23. The fourth-order valence-electron chi connectivity index (χ4n) is 2.41. The molecule has 1 aliphatic heterocycles. The summed E-state index contributed by atoms with van der Waals surface area (Å²) in [4.78, 5) is 4.51. The van der Waals surface area contributed by atoms with Gasteiger partial charge in [-0.1, -0.05) is 15.9 Å². The first-order valence-electron chi connectivity index (χ1n) is 7.67. The molecule has 0 saturated carbocycles. The molecule has 132 valence electrons. The molecule has 1 aliphatic rings. The Labute approximate surface area is 154 Å². The van der Waals surface area contributed by atoms with Crippen LogP contribution < -0.4 is 0 Å². The van der Waals surface area contributed by atoms with E-state index in [2.05, 4.69) is 20.9 Å². The SMILES string of the molecule is O=S(=O)(c1ccc(N=Cc2cc(Br)ccc2O)cc1)N1CCOCC1. The Morgan fingerprint density at radius 1 is 1.12 bits per heavy atom. The molecule has 3 rings (SSSR count). The minimum Gasteiger partial charge on any atom is -0.507 e. The summed E-state index contributed by atoms with van der Waals surface area (Å²) in [6.07, 6.45) is 1.53. The number of hydrogen-bond acceptors (Lipinski definition) is 5. The van der Waals surface area contributed by atoms with Crippen LogP contribution in [-0.4, -0.2) is 50.3 Å². The van der Waals surface area contributed by atoms with Gasteiger partial charge in [0.05, 0.1) is 23.8 Å². The number of hydrogen-bond donors (Lipinski definition) is 1. The van der Waals surface area contributed by atoms with Crippen LogP contribution in [0.25, 0.3) is 0 Å². The Morgan fingerprint density at radius 2 is 1.80 bits per heavy atom. The van der Waals surface area contributed by atoms with Gasteiger partial charge in [-0.3, -0.25) is 4.99 Å². The van der Waals surface area contributed by atoms with Gasteiger partial charge >= 0.3 is 0 Å². The standard InChI is InChI=1S/C17H17BrN2O4S/c18-14-1-6-17(21)13(11-14)12-19-15-2-4-16(5-3-15)25(22,23)20-7-9-24-10-8-20/h1-6,11-12,21H,7-10H2. The minimum atomic E-state index is -3.50. The Balaban J connectivity index is 1.78. The van der Waals surface area contributed by atoms with Gasteiger partial charge < -0.3 is 9.84 Å². The van der Waals surface area contributed by atoms with Crippen molar-refractivity contribution in [1.82, 2.24) is 4.31 Å². The molecular weight excluding hydrogens is 408 g/mol. The number of ether oxygens (including phenoxy) is 1. The van der Waals surface area contributed by atoms with E-state index in [-0.39, 0.29) is 10.6 Å². The molecular formula is C17H17BrN2O4S. The highest BCUT2D eigenvalue weighted by molar-refractivity contribution is 9.10. The summed E-state index contributed by atoms with van der Waals surface area (Å²) >= 11 is 3.34. The van der Waals surface area contributed by atoms with E-state index in [0.717, 1.165) is 4.47 Å². The first-order valence-corrected chi connectivity index (χ1v) is 9.91. The monoisotopic (exact) mass is 424 g/mol. The number of morpholine rings is 1. The van der Waals surface area contributed by atoms with Gasteiger partial charge in [0, 0.05) is 29.3 Å². The average molecular weight is 425 g/mol. The highest BCUT2D eigenvalue weighted by atomic mass is 79.9. The zero-order valence-corrected chi connectivity index (χ0v) is 15.7. The summed E-state index contributed by atoms with van der Waals surface area (Å²) in [7, 11) is -3.50. The van der Waals surface area contributed by atoms with E-state index in [9.17, 15) is 13.5 Å². The predicted molar refractivity (Wildman–Crippen MR) is 99.1 cm³/mol. The number of phenols is 1. The van der Waals surface area contributed by atoms with Gasteiger partial charge in [0.15, 0.2) is 0 Å². The first kappa shape index (κ1) is 18.1. The quantitative estimate of drug-likeness (QED) is 0.765. The van der Waals surface area contributed by atoms with Gasteiger partial charge in [-0.25, -0.2) is 8.42 Å². The molecule has 2 aromatic rings. The fourth-order valence-corrected chi connectivity index (χ4v) is 4.20. The Hall–Kier alpha value is -1.74. The van der Waals surface area contributed by atoms with Gasteiger partial charge in [0.1, 0.15) is 5.75 Å². The van der Waals surface area contributed by atoms with Crippen molar-refractivity contribution in [3.05, 3.63) is 52.5 Å². The molecule has 2 aromatic carbocycles. The Kier molecular flexibility index (Phi) is 5.53. The van der Waals surface area contributed by atoms with E-state index in [0.29, 0.717) is 37.6 Å². The van der Waals surface area contributed by atoms with Crippen LogP contribution in [0.3, 0.4) is 0 Å². The first-order chi connectivity index (χ1) is 12.0. The maximum atomic E-state index is 12.6. The van der Waals surface area contributed by atoms with Crippen LogP contribution in [-0.2, 0) is 14.8 Å². The van der Waals surface area contributed by atoms with Crippen LogP contribution in [0.15, 0.2) is 56.8 Å². The molecule has 1 N–H and O–H groups in total. The van der Waals surface area contributed by atoms with Crippen LogP contribution in [0.1, 0.15) is 5.56 Å². The maximum absolute atomic E-state index is 12.6.